The van der Waals surface area contributed by atoms with Gasteiger partial charge in [-0.1, -0.05) is 12.1 Å². The molecule has 1 N–H and O–H groups in total. The molecule has 68 valence electrons. The number of rotatable bonds is 4. The Hall–Kier alpha value is -1.29. The lowest BCUT2D eigenvalue weighted by atomic mass is 10.4. The minimum Gasteiger partial charge on any atom is -0.477 e. The third-order valence-electron chi connectivity index (χ3n) is 1.29. The Labute approximate surface area is 80.5 Å². The second-order valence-corrected chi connectivity index (χ2v) is 3.31. The maximum absolute atomic E-state index is 10.5. The number of carboxylic acids is 1. The van der Waals surface area contributed by atoms with E-state index < -0.39 is 5.97 Å². The van der Waals surface area contributed by atoms with Gasteiger partial charge in [0.25, 0.3) is 0 Å². The van der Waals surface area contributed by atoms with Gasteiger partial charge in [0.15, 0.2) is 0 Å². The van der Waals surface area contributed by atoms with E-state index in [1.165, 1.54) is 17.8 Å². The number of hydrogen-bond donors (Lipinski definition) is 1. The number of carboxylic acid groups (broad SMARTS) is 1. The zero-order chi connectivity index (χ0) is 9.68. The van der Waals surface area contributed by atoms with Gasteiger partial charge in [0.1, 0.15) is 5.69 Å². The van der Waals surface area contributed by atoms with Gasteiger partial charge >= 0.3 is 5.97 Å². The van der Waals surface area contributed by atoms with E-state index in [1.807, 2.05) is 0 Å². The topological polar surface area (TPSA) is 50.2 Å². The van der Waals surface area contributed by atoms with Crippen molar-refractivity contribution in [1.82, 2.24) is 4.98 Å². The molecule has 0 saturated carbocycles. The van der Waals surface area contributed by atoms with Crippen LogP contribution in [0.2, 0.25) is 0 Å². The van der Waals surface area contributed by atoms with Crippen LogP contribution in [-0.4, -0.2) is 21.8 Å². The third kappa shape index (κ3) is 2.91. The Balaban J connectivity index is 2.79. The molecule has 0 aromatic carbocycles. The molecular formula is C9H9NO2S. The molecule has 0 radical (unpaired) electrons. The molecule has 0 fully saturated rings. The molecule has 0 spiro atoms. The van der Waals surface area contributed by atoms with E-state index in [1.54, 1.807) is 18.2 Å². The summed E-state index contributed by atoms with van der Waals surface area (Å²) in [5.41, 5.74) is 0.0778. The average Bonchev–Trinajstić information content (AvgIpc) is 2.15. The summed E-state index contributed by atoms with van der Waals surface area (Å²) in [5.74, 6) is -0.267. The van der Waals surface area contributed by atoms with Crippen LogP contribution in [0.5, 0.6) is 0 Å². The molecule has 4 heteroatoms. The van der Waals surface area contributed by atoms with Crippen molar-refractivity contribution in [3.05, 3.63) is 36.5 Å². The van der Waals surface area contributed by atoms with Gasteiger partial charge < -0.3 is 5.11 Å². The molecule has 0 aliphatic heterocycles. The van der Waals surface area contributed by atoms with Gasteiger partial charge in [0.05, 0.1) is 5.03 Å². The van der Waals surface area contributed by atoms with Crippen molar-refractivity contribution < 1.29 is 9.90 Å². The lowest BCUT2D eigenvalue weighted by Crippen LogP contribution is -1.99. The molecule has 13 heavy (non-hydrogen) atoms. The van der Waals surface area contributed by atoms with Crippen molar-refractivity contribution >= 4 is 17.7 Å². The first-order valence-corrected chi connectivity index (χ1v) is 4.66. The van der Waals surface area contributed by atoms with Gasteiger partial charge in [-0.25, -0.2) is 9.78 Å². The Morgan fingerprint density at radius 1 is 1.69 bits per heavy atom. The van der Waals surface area contributed by atoms with Crippen molar-refractivity contribution in [3.63, 3.8) is 0 Å². The number of carbonyl (C=O) groups is 1. The predicted octanol–water partition coefficient (Wildman–Crippen LogP) is 2.06. The number of pyridine rings is 1. The zero-order valence-corrected chi connectivity index (χ0v) is 7.75. The molecule has 1 rings (SSSR count). The van der Waals surface area contributed by atoms with Crippen molar-refractivity contribution in [2.24, 2.45) is 0 Å². The number of aromatic nitrogens is 1. The Kier molecular flexibility index (Phi) is 3.52. The summed E-state index contributed by atoms with van der Waals surface area (Å²) in [6.45, 7) is 3.57. The first-order valence-electron chi connectivity index (χ1n) is 3.68. The molecule has 1 aromatic heterocycles. The highest BCUT2D eigenvalue weighted by Gasteiger charge is 2.04. The maximum Gasteiger partial charge on any atom is 0.354 e. The van der Waals surface area contributed by atoms with E-state index in [0.29, 0.717) is 5.03 Å². The summed E-state index contributed by atoms with van der Waals surface area (Å²) in [6, 6.07) is 4.93. The molecular weight excluding hydrogens is 186 g/mol. The summed E-state index contributed by atoms with van der Waals surface area (Å²) < 4.78 is 0. The predicted molar refractivity (Wildman–Crippen MR) is 52.1 cm³/mol. The molecule has 0 aliphatic rings. The van der Waals surface area contributed by atoms with Crippen LogP contribution in [0.4, 0.5) is 0 Å². The van der Waals surface area contributed by atoms with Crippen LogP contribution in [0.3, 0.4) is 0 Å². The fourth-order valence-electron chi connectivity index (χ4n) is 0.759. The highest BCUT2D eigenvalue weighted by molar-refractivity contribution is 7.99. The minimum atomic E-state index is -0.999. The zero-order valence-electron chi connectivity index (χ0n) is 6.93. The van der Waals surface area contributed by atoms with Crippen LogP contribution < -0.4 is 0 Å². The smallest absolute Gasteiger partial charge is 0.354 e. The fourth-order valence-corrected chi connectivity index (χ4v) is 1.38. The van der Waals surface area contributed by atoms with Crippen molar-refractivity contribution in [1.29, 1.82) is 0 Å². The first kappa shape index (κ1) is 9.80. The standard InChI is InChI=1S/C9H9NO2S/c1-2-6-13-8-5-3-4-7(10-8)9(11)12/h2-5H,1,6H2,(H,11,12). The van der Waals surface area contributed by atoms with Gasteiger partial charge in [-0.2, -0.15) is 0 Å². The molecule has 0 amide bonds. The normalized spacial score (nSPS) is 9.54. The summed E-state index contributed by atoms with van der Waals surface area (Å²) in [6.07, 6.45) is 1.75. The molecule has 0 saturated heterocycles. The van der Waals surface area contributed by atoms with Gasteiger partial charge in [0, 0.05) is 5.75 Å². The van der Waals surface area contributed by atoms with Crippen LogP contribution >= 0.6 is 11.8 Å². The summed E-state index contributed by atoms with van der Waals surface area (Å²) in [4.78, 5) is 14.5. The summed E-state index contributed by atoms with van der Waals surface area (Å²) >= 11 is 1.46. The summed E-state index contributed by atoms with van der Waals surface area (Å²) in [5, 5.41) is 9.35. The van der Waals surface area contributed by atoms with E-state index in [4.69, 9.17) is 5.11 Å². The van der Waals surface area contributed by atoms with Crippen molar-refractivity contribution in [3.8, 4) is 0 Å². The van der Waals surface area contributed by atoms with E-state index in [9.17, 15) is 4.79 Å². The SMILES string of the molecule is C=CCSc1cccc(C(=O)O)n1. The maximum atomic E-state index is 10.5. The Morgan fingerprint density at radius 3 is 3.08 bits per heavy atom. The highest BCUT2D eigenvalue weighted by Crippen LogP contribution is 2.14. The second kappa shape index (κ2) is 4.67. The van der Waals surface area contributed by atoms with Crippen molar-refractivity contribution in [2.45, 2.75) is 5.03 Å². The third-order valence-corrected chi connectivity index (χ3v) is 2.22. The van der Waals surface area contributed by atoms with E-state index in [-0.39, 0.29) is 5.69 Å². The molecule has 3 nitrogen and oxygen atoms in total. The average molecular weight is 195 g/mol. The number of hydrogen-bond acceptors (Lipinski definition) is 3. The minimum absolute atomic E-state index is 0.0778. The number of thioether (sulfide) groups is 1. The van der Waals surface area contributed by atoms with Crippen LogP contribution in [0.25, 0.3) is 0 Å². The van der Waals surface area contributed by atoms with Crippen LogP contribution in [0, 0.1) is 0 Å². The lowest BCUT2D eigenvalue weighted by molar-refractivity contribution is 0.0689. The Bertz CT molecular complexity index is 325. The van der Waals surface area contributed by atoms with E-state index >= 15 is 0 Å². The molecule has 0 unspecified atom stereocenters. The first-order chi connectivity index (χ1) is 6.24. The lowest BCUT2D eigenvalue weighted by Gasteiger charge is -1.98. The van der Waals surface area contributed by atoms with Gasteiger partial charge in [-0.3, -0.25) is 0 Å². The molecule has 0 atom stereocenters. The summed E-state index contributed by atoms with van der Waals surface area (Å²) in [7, 11) is 0. The van der Waals surface area contributed by atoms with Crippen molar-refractivity contribution in [2.75, 3.05) is 5.75 Å². The molecule has 0 bridgehead atoms. The molecule has 1 heterocycles. The fraction of sp³-hybridized carbons (Fsp3) is 0.111. The van der Waals surface area contributed by atoms with E-state index in [2.05, 4.69) is 11.6 Å². The van der Waals surface area contributed by atoms with Gasteiger partial charge in [0.2, 0.25) is 0 Å². The quantitative estimate of drug-likeness (QED) is 0.590. The monoisotopic (exact) mass is 195 g/mol. The van der Waals surface area contributed by atoms with Gasteiger partial charge in [-0.05, 0) is 12.1 Å². The number of aromatic carboxylic acids is 1. The van der Waals surface area contributed by atoms with E-state index in [0.717, 1.165) is 5.75 Å². The van der Waals surface area contributed by atoms with Crippen LogP contribution in [0.1, 0.15) is 10.5 Å². The van der Waals surface area contributed by atoms with Crippen LogP contribution in [0.15, 0.2) is 35.9 Å². The molecule has 0 aliphatic carbocycles. The number of nitrogens with zero attached hydrogens (tertiary/aromatic N) is 1. The van der Waals surface area contributed by atoms with Crippen LogP contribution in [-0.2, 0) is 0 Å². The largest absolute Gasteiger partial charge is 0.477 e. The Morgan fingerprint density at radius 2 is 2.46 bits per heavy atom. The highest BCUT2D eigenvalue weighted by atomic mass is 32.2. The molecule has 1 aromatic rings. The van der Waals surface area contributed by atoms with Gasteiger partial charge in [-0.15, -0.1) is 18.3 Å². The second-order valence-electron chi connectivity index (χ2n) is 2.27.